The number of aromatic nitrogens is 1. The predicted molar refractivity (Wildman–Crippen MR) is 65.8 cm³/mol. The van der Waals surface area contributed by atoms with Crippen LogP contribution in [0.15, 0.2) is 31.0 Å². The Morgan fingerprint density at radius 2 is 2.28 bits per heavy atom. The molecule has 0 aliphatic heterocycles. The molecule has 1 rings (SSSR count). The smallest absolute Gasteiger partial charge is 0.354 e. The van der Waals surface area contributed by atoms with Gasteiger partial charge >= 0.3 is 5.97 Å². The fourth-order valence-electron chi connectivity index (χ4n) is 1.26. The average molecular weight is 249 g/mol. The van der Waals surface area contributed by atoms with Crippen LogP contribution in [0.3, 0.4) is 0 Å². The lowest BCUT2D eigenvalue weighted by Crippen LogP contribution is -2.39. The molecule has 0 aliphatic rings. The number of hydrogen-bond donors (Lipinski definition) is 3. The molecule has 6 nitrogen and oxygen atoms in total. The Kier molecular flexibility index (Phi) is 5.01. The molecule has 1 aromatic rings. The Bertz CT molecular complexity index is 442. The normalized spacial score (nSPS) is 11.6. The van der Waals surface area contributed by atoms with Crippen LogP contribution >= 0.6 is 0 Å². The highest BCUT2D eigenvalue weighted by molar-refractivity contribution is 5.85. The van der Waals surface area contributed by atoms with Gasteiger partial charge in [-0.1, -0.05) is 12.1 Å². The van der Waals surface area contributed by atoms with Gasteiger partial charge in [0.1, 0.15) is 5.69 Å². The summed E-state index contributed by atoms with van der Waals surface area (Å²) in [4.78, 5) is 25.8. The van der Waals surface area contributed by atoms with E-state index in [-0.39, 0.29) is 18.1 Å². The highest BCUT2D eigenvalue weighted by Crippen LogP contribution is 2.00. The Morgan fingerprint density at radius 3 is 2.78 bits per heavy atom. The van der Waals surface area contributed by atoms with Crippen LogP contribution in [0.2, 0.25) is 0 Å². The van der Waals surface area contributed by atoms with E-state index in [9.17, 15) is 9.59 Å². The van der Waals surface area contributed by atoms with Gasteiger partial charge < -0.3 is 16.2 Å². The summed E-state index contributed by atoms with van der Waals surface area (Å²) in [6.07, 6.45) is 3.39. The molecular weight excluding hydrogens is 234 g/mol. The molecule has 1 amide bonds. The number of pyridine rings is 1. The van der Waals surface area contributed by atoms with E-state index in [0.29, 0.717) is 12.0 Å². The third-order valence-corrected chi connectivity index (χ3v) is 2.27. The zero-order valence-corrected chi connectivity index (χ0v) is 9.80. The fraction of sp³-hybridized carbons (Fsp3) is 0.250. The van der Waals surface area contributed by atoms with E-state index in [0.717, 1.165) is 0 Å². The first-order valence-electron chi connectivity index (χ1n) is 5.37. The van der Waals surface area contributed by atoms with Crippen molar-refractivity contribution in [3.8, 4) is 0 Å². The highest BCUT2D eigenvalue weighted by Gasteiger charge is 2.11. The maximum atomic E-state index is 11.5. The molecule has 18 heavy (non-hydrogen) atoms. The second-order valence-electron chi connectivity index (χ2n) is 3.71. The Hall–Kier alpha value is -2.21. The van der Waals surface area contributed by atoms with Gasteiger partial charge in [0, 0.05) is 12.7 Å². The van der Waals surface area contributed by atoms with Gasteiger partial charge in [0.25, 0.3) is 0 Å². The standard InChI is InChI=1S/C12H15N3O3/c1-2-3-9(13)11(16)15-7-8-4-5-10(12(17)18)14-6-8/h2,4-6,9H,1,3,7,13H2,(H,15,16)(H,17,18). The number of rotatable bonds is 6. The van der Waals surface area contributed by atoms with Crippen molar-refractivity contribution in [1.29, 1.82) is 0 Å². The van der Waals surface area contributed by atoms with Crippen LogP contribution in [0.1, 0.15) is 22.5 Å². The van der Waals surface area contributed by atoms with Gasteiger partial charge in [-0.15, -0.1) is 6.58 Å². The summed E-state index contributed by atoms with van der Waals surface area (Å²) in [6, 6.07) is 2.36. The molecule has 0 aromatic carbocycles. The molecule has 0 bridgehead atoms. The summed E-state index contributed by atoms with van der Waals surface area (Å²) < 4.78 is 0. The Morgan fingerprint density at radius 1 is 1.56 bits per heavy atom. The third kappa shape index (κ3) is 3.99. The first-order chi connectivity index (χ1) is 8.54. The summed E-state index contributed by atoms with van der Waals surface area (Å²) in [5.41, 5.74) is 6.25. The van der Waals surface area contributed by atoms with Gasteiger partial charge in [-0.05, 0) is 18.1 Å². The summed E-state index contributed by atoms with van der Waals surface area (Å²) in [7, 11) is 0. The first kappa shape index (κ1) is 13.9. The number of nitrogens with one attached hydrogen (secondary N) is 1. The van der Waals surface area contributed by atoms with E-state index in [1.807, 2.05) is 0 Å². The van der Waals surface area contributed by atoms with E-state index >= 15 is 0 Å². The molecule has 1 heterocycles. The van der Waals surface area contributed by atoms with Crippen molar-refractivity contribution < 1.29 is 14.7 Å². The molecule has 6 heteroatoms. The van der Waals surface area contributed by atoms with Crippen molar-refractivity contribution >= 4 is 11.9 Å². The van der Waals surface area contributed by atoms with E-state index in [1.165, 1.54) is 12.3 Å². The SMILES string of the molecule is C=CCC(N)C(=O)NCc1ccc(C(=O)O)nc1. The summed E-state index contributed by atoms with van der Waals surface area (Å²) in [5.74, 6) is -1.36. The maximum absolute atomic E-state index is 11.5. The molecule has 0 spiro atoms. The van der Waals surface area contributed by atoms with E-state index < -0.39 is 12.0 Å². The van der Waals surface area contributed by atoms with Crippen LogP contribution in [0.4, 0.5) is 0 Å². The maximum Gasteiger partial charge on any atom is 0.354 e. The summed E-state index contributed by atoms with van der Waals surface area (Å²) in [5, 5.41) is 11.3. The molecule has 0 fully saturated rings. The Labute approximate surface area is 105 Å². The van der Waals surface area contributed by atoms with Crippen molar-refractivity contribution in [3.63, 3.8) is 0 Å². The van der Waals surface area contributed by atoms with Crippen molar-refractivity contribution in [2.45, 2.75) is 19.0 Å². The Balaban J connectivity index is 2.51. The zero-order chi connectivity index (χ0) is 13.5. The lowest BCUT2D eigenvalue weighted by atomic mass is 10.2. The summed E-state index contributed by atoms with van der Waals surface area (Å²) >= 11 is 0. The second-order valence-corrected chi connectivity index (χ2v) is 3.71. The van der Waals surface area contributed by atoms with Crippen LogP contribution in [-0.4, -0.2) is 28.0 Å². The number of nitrogens with two attached hydrogens (primary N) is 1. The number of carboxylic acids is 1. The largest absolute Gasteiger partial charge is 0.477 e. The van der Waals surface area contributed by atoms with Crippen LogP contribution in [0.25, 0.3) is 0 Å². The van der Waals surface area contributed by atoms with Gasteiger partial charge in [0.2, 0.25) is 5.91 Å². The number of hydrogen-bond acceptors (Lipinski definition) is 4. The van der Waals surface area contributed by atoms with Crippen molar-refractivity contribution in [3.05, 3.63) is 42.2 Å². The molecule has 0 aliphatic carbocycles. The molecule has 1 atom stereocenters. The van der Waals surface area contributed by atoms with Gasteiger partial charge in [-0.25, -0.2) is 9.78 Å². The van der Waals surface area contributed by atoms with Crippen LogP contribution < -0.4 is 11.1 Å². The van der Waals surface area contributed by atoms with E-state index in [2.05, 4.69) is 16.9 Å². The van der Waals surface area contributed by atoms with Crippen molar-refractivity contribution in [2.24, 2.45) is 5.73 Å². The number of carboxylic acid groups (broad SMARTS) is 1. The lowest BCUT2D eigenvalue weighted by Gasteiger charge is -2.10. The third-order valence-electron chi connectivity index (χ3n) is 2.27. The van der Waals surface area contributed by atoms with Gasteiger partial charge in [-0.3, -0.25) is 4.79 Å². The minimum absolute atomic E-state index is 0.0339. The number of aromatic carboxylic acids is 1. The molecule has 1 unspecified atom stereocenters. The number of carbonyl (C=O) groups is 2. The number of nitrogens with zero attached hydrogens (tertiary/aromatic N) is 1. The molecule has 1 aromatic heterocycles. The zero-order valence-electron chi connectivity index (χ0n) is 9.80. The topological polar surface area (TPSA) is 105 Å². The van der Waals surface area contributed by atoms with Gasteiger partial charge in [0.05, 0.1) is 6.04 Å². The van der Waals surface area contributed by atoms with Crippen LogP contribution in [0.5, 0.6) is 0 Å². The molecule has 0 saturated heterocycles. The minimum Gasteiger partial charge on any atom is -0.477 e. The van der Waals surface area contributed by atoms with Crippen LogP contribution in [-0.2, 0) is 11.3 Å². The van der Waals surface area contributed by atoms with Crippen molar-refractivity contribution in [1.82, 2.24) is 10.3 Å². The number of amides is 1. The molecule has 0 saturated carbocycles. The van der Waals surface area contributed by atoms with Gasteiger partial charge in [-0.2, -0.15) is 0 Å². The van der Waals surface area contributed by atoms with Gasteiger partial charge in [0.15, 0.2) is 0 Å². The monoisotopic (exact) mass is 249 g/mol. The predicted octanol–water partition coefficient (Wildman–Crippen LogP) is 0.299. The molecule has 96 valence electrons. The average Bonchev–Trinajstić information content (AvgIpc) is 2.36. The van der Waals surface area contributed by atoms with Crippen LogP contribution in [0, 0.1) is 0 Å². The number of carbonyl (C=O) groups excluding carboxylic acids is 1. The lowest BCUT2D eigenvalue weighted by molar-refractivity contribution is -0.122. The van der Waals surface area contributed by atoms with E-state index in [1.54, 1.807) is 12.1 Å². The quantitative estimate of drug-likeness (QED) is 0.629. The molecule has 0 radical (unpaired) electrons. The minimum atomic E-state index is -1.08. The summed E-state index contributed by atoms with van der Waals surface area (Å²) in [6.45, 7) is 3.76. The highest BCUT2D eigenvalue weighted by atomic mass is 16.4. The fourth-order valence-corrected chi connectivity index (χ4v) is 1.26. The second kappa shape index (κ2) is 6.51. The van der Waals surface area contributed by atoms with Crippen molar-refractivity contribution in [2.75, 3.05) is 0 Å². The molecular formula is C12H15N3O3. The first-order valence-corrected chi connectivity index (χ1v) is 5.37. The van der Waals surface area contributed by atoms with E-state index in [4.69, 9.17) is 10.8 Å². The molecule has 4 N–H and O–H groups in total.